The van der Waals surface area contributed by atoms with Crippen molar-refractivity contribution in [2.75, 3.05) is 45.8 Å². The normalized spacial score (nSPS) is 19.7. The number of halogens is 2. The number of sulfonamides is 1. The molecule has 0 bridgehead atoms. The molecule has 2 heterocycles. The molecular formula is C19H29Cl2N3O3S. The minimum absolute atomic E-state index is 0. The summed E-state index contributed by atoms with van der Waals surface area (Å²) in [5.41, 5.74) is 0.387. The molecule has 2 saturated heterocycles. The number of carbonyl (C=O) groups is 1. The zero-order valence-electron chi connectivity index (χ0n) is 16.3. The number of piperazine rings is 1. The van der Waals surface area contributed by atoms with Gasteiger partial charge in [-0.1, -0.05) is 31.4 Å². The number of likely N-dealkylation sites (N-methyl/N-ethyl adjacent to an activating group) is 1. The predicted octanol–water partition coefficient (Wildman–Crippen LogP) is 3.10. The van der Waals surface area contributed by atoms with Crippen molar-refractivity contribution in [3.8, 4) is 0 Å². The van der Waals surface area contributed by atoms with Gasteiger partial charge >= 0.3 is 0 Å². The van der Waals surface area contributed by atoms with E-state index in [0.717, 1.165) is 45.3 Å². The second kappa shape index (κ2) is 10.3. The van der Waals surface area contributed by atoms with Crippen LogP contribution in [-0.4, -0.2) is 74.2 Å². The molecule has 9 heteroatoms. The number of benzene rings is 1. The molecule has 0 atom stereocenters. The van der Waals surface area contributed by atoms with Gasteiger partial charge in [0.15, 0.2) is 0 Å². The molecule has 0 radical (unpaired) electrons. The fourth-order valence-electron chi connectivity index (χ4n) is 3.70. The van der Waals surface area contributed by atoms with Crippen LogP contribution < -0.4 is 0 Å². The number of hydrogen-bond acceptors (Lipinski definition) is 4. The Morgan fingerprint density at radius 1 is 1.00 bits per heavy atom. The molecule has 0 saturated carbocycles. The van der Waals surface area contributed by atoms with Crippen molar-refractivity contribution in [2.45, 2.75) is 37.5 Å². The van der Waals surface area contributed by atoms with Crippen LogP contribution in [0.4, 0.5) is 0 Å². The molecule has 2 aliphatic heterocycles. The van der Waals surface area contributed by atoms with Crippen LogP contribution in [0.1, 0.15) is 43.0 Å². The van der Waals surface area contributed by atoms with E-state index in [9.17, 15) is 13.2 Å². The first-order valence-electron chi connectivity index (χ1n) is 9.75. The quantitative estimate of drug-likeness (QED) is 0.708. The molecule has 1 aromatic carbocycles. The van der Waals surface area contributed by atoms with Crippen LogP contribution in [-0.2, 0) is 10.0 Å². The lowest BCUT2D eigenvalue weighted by Gasteiger charge is -2.34. The second-order valence-electron chi connectivity index (χ2n) is 7.19. The molecule has 1 amide bonds. The van der Waals surface area contributed by atoms with Gasteiger partial charge in [-0.15, -0.1) is 12.4 Å². The number of carbonyl (C=O) groups excluding carboxylic acids is 1. The maximum absolute atomic E-state index is 13.1. The van der Waals surface area contributed by atoms with Crippen molar-refractivity contribution < 1.29 is 13.2 Å². The Hall–Kier alpha value is -0.860. The fraction of sp³-hybridized carbons (Fsp3) is 0.632. The standard InChI is InChI=1S/C19H28ClN3O3S.ClH/c1-2-21-11-13-22(14-12-21)19(24)16-7-8-17(20)18(15-16)27(25,26)23-9-5-3-4-6-10-23;/h7-8,15H,2-6,9-14H2,1H3;1H. The number of nitrogens with zero attached hydrogens (tertiary/aromatic N) is 3. The van der Waals surface area contributed by atoms with E-state index in [0.29, 0.717) is 31.7 Å². The highest BCUT2D eigenvalue weighted by atomic mass is 35.5. The summed E-state index contributed by atoms with van der Waals surface area (Å²) in [7, 11) is -3.69. The van der Waals surface area contributed by atoms with Gasteiger partial charge in [0.05, 0.1) is 5.02 Å². The third kappa shape index (κ3) is 5.19. The zero-order valence-corrected chi connectivity index (χ0v) is 18.7. The molecule has 0 unspecified atom stereocenters. The van der Waals surface area contributed by atoms with Crippen molar-refractivity contribution in [3.63, 3.8) is 0 Å². The summed E-state index contributed by atoms with van der Waals surface area (Å²) < 4.78 is 27.7. The van der Waals surface area contributed by atoms with E-state index >= 15 is 0 Å². The minimum Gasteiger partial charge on any atom is -0.336 e. The first-order valence-corrected chi connectivity index (χ1v) is 11.6. The average Bonchev–Trinajstić information content (AvgIpc) is 2.98. The van der Waals surface area contributed by atoms with Gasteiger partial charge in [0.1, 0.15) is 4.90 Å². The SMILES string of the molecule is CCN1CCN(C(=O)c2ccc(Cl)c(S(=O)(=O)N3CCCCCC3)c2)CC1.Cl. The lowest BCUT2D eigenvalue weighted by molar-refractivity contribution is 0.0643. The maximum Gasteiger partial charge on any atom is 0.253 e. The van der Waals surface area contributed by atoms with E-state index in [2.05, 4.69) is 11.8 Å². The molecule has 0 N–H and O–H groups in total. The smallest absolute Gasteiger partial charge is 0.253 e. The largest absolute Gasteiger partial charge is 0.336 e. The average molecular weight is 450 g/mol. The van der Waals surface area contributed by atoms with Gasteiger partial charge in [0.2, 0.25) is 10.0 Å². The summed E-state index contributed by atoms with van der Waals surface area (Å²) in [6.45, 7) is 7.10. The molecule has 0 spiro atoms. The molecule has 2 fully saturated rings. The summed E-state index contributed by atoms with van der Waals surface area (Å²) in [6.07, 6.45) is 3.80. The Bertz CT molecular complexity index is 773. The molecular weight excluding hydrogens is 421 g/mol. The van der Waals surface area contributed by atoms with Crippen LogP contribution in [0.15, 0.2) is 23.1 Å². The monoisotopic (exact) mass is 449 g/mol. The Kier molecular flexibility index (Phi) is 8.58. The predicted molar refractivity (Wildman–Crippen MR) is 114 cm³/mol. The van der Waals surface area contributed by atoms with Crippen molar-refractivity contribution in [1.82, 2.24) is 14.1 Å². The van der Waals surface area contributed by atoms with Gasteiger partial charge in [-0.2, -0.15) is 4.31 Å². The van der Waals surface area contributed by atoms with Crippen LogP contribution in [0.2, 0.25) is 5.02 Å². The molecule has 0 aliphatic carbocycles. The van der Waals surface area contributed by atoms with Crippen molar-refractivity contribution >= 4 is 39.9 Å². The first kappa shape index (κ1) is 23.4. The highest BCUT2D eigenvalue weighted by Crippen LogP contribution is 2.28. The second-order valence-corrected chi connectivity index (χ2v) is 9.50. The van der Waals surface area contributed by atoms with E-state index in [4.69, 9.17) is 11.6 Å². The van der Waals surface area contributed by atoms with Gasteiger partial charge in [-0.3, -0.25) is 4.79 Å². The fourth-order valence-corrected chi connectivity index (χ4v) is 5.72. The number of hydrogen-bond donors (Lipinski definition) is 0. The third-order valence-electron chi connectivity index (χ3n) is 5.47. The Morgan fingerprint density at radius 2 is 1.61 bits per heavy atom. The molecule has 158 valence electrons. The van der Waals surface area contributed by atoms with Gasteiger partial charge in [0, 0.05) is 44.8 Å². The summed E-state index contributed by atoms with van der Waals surface area (Å²) in [4.78, 5) is 17.0. The summed E-state index contributed by atoms with van der Waals surface area (Å²) in [5.74, 6) is -0.130. The Morgan fingerprint density at radius 3 is 2.18 bits per heavy atom. The molecule has 0 aromatic heterocycles. The topological polar surface area (TPSA) is 60.9 Å². The van der Waals surface area contributed by atoms with Gasteiger partial charge in [0.25, 0.3) is 5.91 Å². The number of amides is 1. The van der Waals surface area contributed by atoms with E-state index in [1.54, 1.807) is 11.0 Å². The molecule has 3 rings (SSSR count). The lowest BCUT2D eigenvalue weighted by atomic mass is 10.2. The molecule has 6 nitrogen and oxygen atoms in total. The first-order chi connectivity index (χ1) is 12.9. The van der Waals surface area contributed by atoms with Crippen molar-refractivity contribution in [2.24, 2.45) is 0 Å². The highest BCUT2D eigenvalue weighted by Gasteiger charge is 2.29. The summed E-state index contributed by atoms with van der Waals surface area (Å²) in [5, 5.41) is 0.173. The van der Waals surface area contributed by atoms with Gasteiger partial charge in [-0.05, 0) is 37.6 Å². The summed E-state index contributed by atoms with van der Waals surface area (Å²) in [6, 6.07) is 4.61. The van der Waals surface area contributed by atoms with Gasteiger partial charge < -0.3 is 9.80 Å². The van der Waals surface area contributed by atoms with Crippen molar-refractivity contribution in [1.29, 1.82) is 0 Å². The molecule has 2 aliphatic rings. The number of rotatable bonds is 4. The van der Waals surface area contributed by atoms with Crippen LogP contribution >= 0.6 is 24.0 Å². The van der Waals surface area contributed by atoms with E-state index in [1.807, 2.05) is 0 Å². The van der Waals surface area contributed by atoms with E-state index < -0.39 is 10.0 Å². The van der Waals surface area contributed by atoms with Crippen LogP contribution in [0, 0.1) is 0 Å². The van der Waals surface area contributed by atoms with Crippen LogP contribution in [0.3, 0.4) is 0 Å². The minimum atomic E-state index is -3.69. The Balaban J connectivity index is 0.00000280. The van der Waals surface area contributed by atoms with Gasteiger partial charge in [-0.25, -0.2) is 8.42 Å². The molecule has 28 heavy (non-hydrogen) atoms. The highest BCUT2D eigenvalue weighted by molar-refractivity contribution is 7.89. The maximum atomic E-state index is 13.1. The third-order valence-corrected chi connectivity index (χ3v) is 7.85. The van der Waals surface area contributed by atoms with Crippen LogP contribution in [0.5, 0.6) is 0 Å². The molecule has 1 aromatic rings. The summed E-state index contributed by atoms with van der Waals surface area (Å²) >= 11 is 6.23. The zero-order chi connectivity index (χ0) is 19.4. The van der Waals surface area contributed by atoms with E-state index in [-0.39, 0.29) is 28.2 Å². The van der Waals surface area contributed by atoms with E-state index in [1.165, 1.54) is 16.4 Å². The van der Waals surface area contributed by atoms with Crippen molar-refractivity contribution in [3.05, 3.63) is 28.8 Å². The van der Waals surface area contributed by atoms with Crippen LogP contribution in [0.25, 0.3) is 0 Å². The lowest BCUT2D eigenvalue weighted by Crippen LogP contribution is -2.48. The Labute approximate surface area is 179 Å².